The minimum atomic E-state index is 0.225. The van der Waals surface area contributed by atoms with Crippen LogP contribution in [-0.4, -0.2) is 27.7 Å². The highest BCUT2D eigenvalue weighted by Gasteiger charge is 2.25. The van der Waals surface area contributed by atoms with Crippen molar-refractivity contribution in [1.29, 1.82) is 0 Å². The van der Waals surface area contributed by atoms with Crippen LogP contribution in [0.25, 0.3) is 10.9 Å². The van der Waals surface area contributed by atoms with Crippen molar-refractivity contribution in [2.75, 3.05) is 17.7 Å². The van der Waals surface area contributed by atoms with Crippen molar-refractivity contribution >= 4 is 22.4 Å². The number of anilines is 2. The quantitative estimate of drug-likeness (QED) is 0.746. The molecule has 0 bridgehead atoms. The van der Waals surface area contributed by atoms with Crippen molar-refractivity contribution in [1.82, 2.24) is 9.97 Å². The Morgan fingerprint density at radius 1 is 1.25 bits per heavy atom. The second-order valence-corrected chi connectivity index (χ2v) is 5.48. The molecule has 2 atom stereocenters. The number of hydrogen-bond donors (Lipinski definition) is 3. The van der Waals surface area contributed by atoms with Crippen LogP contribution >= 0.6 is 0 Å². The van der Waals surface area contributed by atoms with Gasteiger partial charge in [-0.05, 0) is 31.0 Å². The van der Waals surface area contributed by atoms with Gasteiger partial charge in [-0.2, -0.15) is 0 Å². The summed E-state index contributed by atoms with van der Waals surface area (Å²) >= 11 is 0. The fourth-order valence-electron chi connectivity index (χ4n) is 2.98. The average molecular weight is 272 g/mol. The Hall–Kier alpha value is -1.88. The highest BCUT2D eigenvalue weighted by Crippen LogP contribution is 2.29. The zero-order valence-electron chi connectivity index (χ0n) is 11.4. The Labute approximate surface area is 118 Å². The molecule has 2 unspecified atom stereocenters. The van der Waals surface area contributed by atoms with Gasteiger partial charge in [0.25, 0.3) is 0 Å². The first-order chi connectivity index (χ1) is 9.78. The SMILES string of the molecule is Nc1ccc2ncnc(NC3CCCCC3CO)c2c1. The van der Waals surface area contributed by atoms with Gasteiger partial charge in [0.1, 0.15) is 12.1 Å². The molecule has 3 rings (SSSR count). The van der Waals surface area contributed by atoms with Gasteiger partial charge in [0.15, 0.2) is 0 Å². The van der Waals surface area contributed by atoms with E-state index in [1.165, 1.54) is 12.8 Å². The van der Waals surface area contributed by atoms with E-state index in [1.54, 1.807) is 6.33 Å². The highest BCUT2D eigenvalue weighted by atomic mass is 16.3. The summed E-state index contributed by atoms with van der Waals surface area (Å²) in [6, 6.07) is 5.92. The molecule has 1 heterocycles. The molecule has 4 N–H and O–H groups in total. The number of nitrogens with zero attached hydrogens (tertiary/aromatic N) is 2. The van der Waals surface area contributed by atoms with E-state index in [0.29, 0.717) is 11.6 Å². The minimum absolute atomic E-state index is 0.225. The van der Waals surface area contributed by atoms with Crippen molar-refractivity contribution in [2.45, 2.75) is 31.7 Å². The molecule has 1 aliphatic carbocycles. The Balaban J connectivity index is 1.91. The summed E-state index contributed by atoms with van der Waals surface area (Å²) in [6.45, 7) is 0.225. The van der Waals surface area contributed by atoms with Crippen LogP contribution in [0.4, 0.5) is 11.5 Å². The van der Waals surface area contributed by atoms with E-state index < -0.39 is 0 Å². The molecule has 2 aromatic rings. The second kappa shape index (κ2) is 5.63. The Morgan fingerprint density at radius 3 is 2.95 bits per heavy atom. The van der Waals surface area contributed by atoms with Crippen LogP contribution in [0.5, 0.6) is 0 Å². The van der Waals surface area contributed by atoms with Gasteiger partial charge >= 0.3 is 0 Å². The molecule has 1 aromatic carbocycles. The molecule has 20 heavy (non-hydrogen) atoms. The molecule has 0 aliphatic heterocycles. The average Bonchev–Trinajstić information content (AvgIpc) is 2.48. The van der Waals surface area contributed by atoms with Crippen LogP contribution in [-0.2, 0) is 0 Å². The van der Waals surface area contributed by atoms with Gasteiger partial charge in [0.05, 0.1) is 5.52 Å². The molecule has 1 aromatic heterocycles. The van der Waals surface area contributed by atoms with Gasteiger partial charge in [-0.3, -0.25) is 0 Å². The van der Waals surface area contributed by atoms with E-state index in [0.717, 1.165) is 29.6 Å². The Kier molecular flexibility index (Phi) is 3.69. The number of nitrogen functional groups attached to an aromatic ring is 1. The largest absolute Gasteiger partial charge is 0.399 e. The molecule has 1 saturated carbocycles. The minimum Gasteiger partial charge on any atom is -0.399 e. The maximum Gasteiger partial charge on any atom is 0.137 e. The van der Waals surface area contributed by atoms with Crippen LogP contribution in [0.1, 0.15) is 25.7 Å². The summed E-state index contributed by atoms with van der Waals surface area (Å²) in [4.78, 5) is 8.61. The van der Waals surface area contributed by atoms with Crippen LogP contribution in [0.2, 0.25) is 0 Å². The number of aliphatic hydroxyl groups is 1. The van der Waals surface area contributed by atoms with E-state index in [9.17, 15) is 5.11 Å². The zero-order valence-corrected chi connectivity index (χ0v) is 11.4. The molecular formula is C15H20N4O. The maximum atomic E-state index is 9.50. The van der Waals surface area contributed by atoms with Gasteiger partial charge in [-0.15, -0.1) is 0 Å². The number of fused-ring (bicyclic) bond motifs is 1. The van der Waals surface area contributed by atoms with Crippen LogP contribution in [0, 0.1) is 5.92 Å². The number of rotatable bonds is 3. The topological polar surface area (TPSA) is 84.1 Å². The predicted molar refractivity (Wildman–Crippen MR) is 80.4 cm³/mol. The molecular weight excluding hydrogens is 252 g/mol. The van der Waals surface area contributed by atoms with Crippen molar-refractivity contribution in [2.24, 2.45) is 5.92 Å². The van der Waals surface area contributed by atoms with Crippen molar-refractivity contribution in [3.63, 3.8) is 0 Å². The third-order valence-electron chi connectivity index (χ3n) is 4.13. The molecule has 106 valence electrons. The molecule has 5 nitrogen and oxygen atoms in total. The van der Waals surface area contributed by atoms with Gasteiger partial charge < -0.3 is 16.2 Å². The van der Waals surface area contributed by atoms with E-state index in [1.807, 2.05) is 18.2 Å². The molecule has 0 saturated heterocycles. The maximum absolute atomic E-state index is 9.50. The molecule has 1 fully saturated rings. The lowest BCUT2D eigenvalue weighted by molar-refractivity contribution is 0.178. The van der Waals surface area contributed by atoms with Crippen molar-refractivity contribution in [3.8, 4) is 0 Å². The third-order valence-corrected chi connectivity index (χ3v) is 4.13. The summed E-state index contributed by atoms with van der Waals surface area (Å²) in [5, 5.41) is 13.9. The Bertz CT molecular complexity index is 601. The smallest absolute Gasteiger partial charge is 0.137 e. The molecule has 0 spiro atoms. The second-order valence-electron chi connectivity index (χ2n) is 5.48. The van der Waals surface area contributed by atoms with E-state index in [4.69, 9.17) is 5.73 Å². The van der Waals surface area contributed by atoms with E-state index >= 15 is 0 Å². The van der Waals surface area contributed by atoms with Crippen LogP contribution in [0.15, 0.2) is 24.5 Å². The van der Waals surface area contributed by atoms with Crippen LogP contribution < -0.4 is 11.1 Å². The monoisotopic (exact) mass is 272 g/mol. The lowest BCUT2D eigenvalue weighted by Gasteiger charge is -2.31. The van der Waals surface area contributed by atoms with Crippen molar-refractivity contribution < 1.29 is 5.11 Å². The third kappa shape index (κ3) is 2.54. The summed E-state index contributed by atoms with van der Waals surface area (Å²) in [5.41, 5.74) is 7.44. The number of aliphatic hydroxyl groups excluding tert-OH is 1. The predicted octanol–water partition coefficient (Wildman–Crippen LogP) is 2.17. The van der Waals surface area contributed by atoms with Gasteiger partial charge in [0, 0.05) is 29.6 Å². The summed E-state index contributed by atoms with van der Waals surface area (Å²) in [5.74, 6) is 1.11. The molecule has 1 aliphatic rings. The molecule has 0 radical (unpaired) electrons. The zero-order chi connectivity index (χ0) is 13.9. The number of nitrogens with two attached hydrogens (primary N) is 1. The van der Waals surface area contributed by atoms with Gasteiger partial charge in [0.2, 0.25) is 0 Å². The first kappa shape index (κ1) is 13.1. The fourth-order valence-corrected chi connectivity index (χ4v) is 2.98. The Morgan fingerprint density at radius 2 is 2.10 bits per heavy atom. The van der Waals surface area contributed by atoms with Crippen molar-refractivity contribution in [3.05, 3.63) is 24.5 Å². The van der Waals surface area contributed by atoms with Gasteiger partial charge in [-0.25, -0.2) is 9.97 Å². The number of hydrogen-bond acceptors (Lipinski definition) is 5. The number of benzene rings is 1. The number of nitrogens with one attached hydrogen (secondary N) is 1. The normalized spacial score (nSPS) is 22.9. The lowest BCUT2D eigenvalue weighted by Crippen LogP contribution is -2.34. The van der Waals surface area contributed by atoms with E-state index in [2.05, 4.69) is 15.3 Å². The summed E-state index contributed by atoms with van der Waals surface area (Å²) in [6.07, 6.45) is 6.09. The number of aromatic nitrogens is 2. The van der Waals surface area contributed by atoms with E-state index in [-0.39, 0.29) is 12.6 Å². The highest BCUT2D eigenvalue weighted by molar-refractivity contribution is 5.91. The summed E-state index contributed by atoms with van der Waals surface area (Å²) < 4.78 is 0. The first-order valence-corrected chi connectivity index (χ1v) is 7.15. The standard InChI is InChI=1S/C15H20N4O/c16-11-5-6-14-12(7-11)15(18-9-17-14)19-13-4-2-1-3-10(13)8-20/h5-7,9-10,13,20H,1-4,8,16H2,(H,17,18,19). The lowest BCUT2D eigenvalue weighted by atomic mass is 9.85. The molecule has 0 amide bonds. The summed E-state index contributed by atoms with van der Waals surface area (Å²) in [7, 11) is 0. The van der Waals surface area contributed by atoms with Crippen LogP contribution in [0.3, 0.4) is 0 Å². The fraction of sp³-hybridized carbons (Fsp3) is 0.467. The first-order valence-electron chi connectivity index (χ1n) is 7.15. The molecule has 5 heteroatoms. The van der Waals surface area contributed by atoms with Gasteiger partial charge in [-0.1, -0.05) is 12.8 Å².